The molecule has 1 unspecified atom stereocenters. The van der Waals surface area contributed by atoms with Gasteiger partial charge in [0.25, 0.3) is 0 Å². The summed E-state index contributed by atoms with van der Waals surface area (Å²) in [5.41, 5.74) is 7.53. The molecule has 0 bridgehead atoms. The highest BCUT2D eigenvalue weighted by Crippen LogP contribution is 2.40. The Hall–Kier alpha value is -1.29. The van der Waals surface area contributed by atoms with Gasteiger partial charge in [-0.05, 0) is 49.4 Å². The molecule has 1 atom stereocenters. The van der Waals surface area contributed by atoms with Gasteiger partial charge in [0.15, 0.2) is 11.5 Å². The normalized spacial score (nSPS) is 18.3. The van der Waals surface area contributed by atoms with Crippen molar-refractivity contribution < 1.29 is 13.9 Å². The van der Waals surface area contributed by atoms with Crippen LogP contribution in [0.3, 0.4) is 0 Å². The minimum atomic E-state index is -1.04. The molecule has 100 valence electrons. The number of ether oxygens (including phenoxy) is 2. The summed E-state index contributed by atoms with van der Waals surface area (Å²) in [7, 11) is 3.13. The Labute approximate surface area is 107 Å². The van der Waals surface area contributed by atoms with Crippen molar-refractivity contribution in [3.63, 3.8) is 0 Å². The van der Waals surface area contributed by atoms with E-state index in [4.69, 9.17) is 15.2 Å². The predicted molar refractivity (Wildman–Crippen MR) is 68.9 cm³/mol. The third-order valence-corrected chi connectivity index (χ3v) is 3.51. The molecule has 1 fully saturated rings. The van der Waals surface area contributed by atoms with Crippen molar-refractivity contribution in [1.82, 2.24) is 0 Å². The van der Waals surface area contributed by atoms with Gasteiger partial charge in [0, 0.05) is 5.54 Å². The Bertz CT molecular complexity index is 442. The van der Waals surface area contributed by atoms with Crippen molar-refractivity contribution in [2.75, 3.05) is 14.2 Å². The van der Waals surface area contributed by atoms with Gasteiger partial charge in [-0.3, -0.25) is 0 Å². The van der Waals surface area contributed by atoms with Crippen LogP contribution in [-0.4, -0.2) is 19.8 Å². The first-order valence-electron chi connectivity index (χ1n) is 6.17. The molecule has 0 amide bonds. The summed E-state index contributed by atoms with van der Waals surface area (Å²) >= 11 is 0. The molecular weight excluding hydrogens is 233 g/mol. The van der Waals surface area contributed by atoms with Gasteiger partial charge in [-0.15, -0.1) is 0 Å². The van der Waals surface area contributed by atoms with E-state index in [1.54, 1.807) is 20.3 Å². The number of rotatable bonds is 5. The lowest BCUT2D eigenvalue weighted by Gasteiger charge is -2.18. The van der Waals surface area contributed by atoms with E-state index in [0.29, 0.717) is 23.5 Å². The van der Waals surface area contributed by atoms with E-state index in [1.807, 2.05) is 6.07 Å². The standard InChI is InChI=1S/C14H20FNO2/c1-9(15)11-7-13(18-3)12(17-2)6-10(11)8-14(16)4-5-14/h6-7,9H,4-5,8,16H2,1-3H3. The van der Waals surface area contributed by atoms with E-state index in [2.05, 4.69) is 0 Å². The van der Waals surface area contributed by atoms with Crippen molar-refractivity contribution in [2.24, 2.45) is 5.73 Å². The number of benzene rings is 1. The summed E-state index contributed by atoms with van der Waals surface area (Å²) in [5, 5.41) is 0. The highest BCUT2D eigenvalue weighted by Gasteiger charge is 2.39. The zero-order valence-electron chi connectivity index (χ0n) is 11.1. The van der Waals surface area contributed by atoms with Crippen LogP contribution in [0.25, 0.3) is 0 Å². The minimum absolute atomic E-state index is 0.150. The Balaban J connectivity index is 2.41. The van der Waals surface area contributed by atoms with Gasteiger partial charge in [-0.2, -0.15) is 0 Å². The number of nitrogens with two attached hydrogens (primary N) is 1. The summed E-state index contributed by atoms with van der Waals surface area (Å²) in [6.07, 6.45) is 1.65. The number of halogens is 1. The van der Waals surface area contributed by atoms with Crippen LogP contribution in [0.15, 0.2) is 12.1 Å². The Morgan fingerprint density at radius 1 is 1.28 bits per heavy atom. The van der Waals surface area contributed by atoms with Gasteiger partial charge in [-0.1, -0.05) is 0 Å². The number of alkyl halides is 1. The first-order valence-corrected chi connectivity index (χ1v) is 6.17. The maximum absolute atomic E-state index is 13.7. The first kappa shape index (κ1) is 13.1. The third kappa shape index (κ3) is 2.58. The molecule has 0 heterocycles. The van der Waals surface area contributed by atoms with E-state index in [0.717, 1.165) is 18.4 Å². The summed E-state index contributed by atoms with van der Waals surface area (Å²) < 4.78 is 24.2. The van der Waals surface area contributed by atoms with Crippen LogP contribution in [-0.2, 0) is 6.42 Å². The van der Waals surface area contributed by atoms with Crippen LogP contribution in [0.5, 0.6) is 11.5 Å². The molecule has 0 saturated heterocycles. The molecule has 1 aliphatic carbocycles. The van der Waals surface area contributed by atoms with Crippen molar-refractivity contribution >= 4 is 0 Å². The van der Waals surface area contributed by atoms with Crippen LogP contribution in [0.4, 0.5) is 4.39 Å². The highest BCUT2D eigenvalue weighted by atomic mass is 19.1. The van der Waals surface area contributed by atoms with Crippen molar-refractivity contribution in [3.05, 3.63) is 23.3 Å². The van der Waals surface area contributed by atoms with E-state index < -0.39 is 6.17 Å². The van der Waals surface area contributed by atoms with Crippen LogP contribution in [0.1, 0.15) is 37.1 Å². The van der Waals surface area contributed by atoms with Gasteiger partial charge in [0.2, 0.25) is 0 Å². The molecule has 1 aliphatic rings. The topological polar surface area (TPSA) is 44.5 Å². The summed E-state index contributed by atoms with van der Waals surface area (Å²) in [5.74, 6) is 1.18. The molecule has 0 spiro atoms. The van der Waals surface area contributed by atoms with Crippen molar-refractivity contribution in [1.29, 1.82) is 0 Å². The largest absolute Gasteiger partial charge is 0.493 e. The lowest BCUT2D eigenvalue weighted by atomic mass is 9.96. The summed E-state index contributed by atoms with van der Waals surface area (Å²) in [6.45, 7) is 1.53. The lowest BCUT2D eigenvalue weighted by molar-refractivity contribution is 0.345. The molecule has 18 heavy (non-hydrogen) atoms. The first-order chi connectivity index (χ1) is 8.49. The smallest absolute Gasteiger partial charge is 0.161 e. The van der Waals surface area contributed by atoms with Gasteiger partial charge < -0.3 is 15.2 Å². The second kappa shape index (κ2) is 4.76. The van der Waals surface area contributed by atoms with Crippen molar-refractivity contribution in [2.45, 2.75) is 37.9 Å². The molecule has 1 saturated carbocycles. The lowest BCUT2D eigenvalue weighted by Crippen LogP contribution is -2.25. The van der Waals surface area contributed by atoms with Crippen LogP contribution in [0.2, 0.25) is 0 Å². The fourth-order valence-corrected chi connectivity index (χ4v) is 2.18. The predicted octanol–water partition coefficient (Wildman–Crippen LogP) is 2.77. The fraction of sp³-hybridized carbons (Fsp3) is 0.571. The Kier molecular flexibility index (Phi) is 3.48. The Morgan fingerprint density at radius 3 is 2.28 bits per heavy atom. The second-order valence-corrected chi connectivity index (χ2v) is 5.06. The van der Waals surface area contributed by atoms with Gasteiger partial charge in [0.1, 0.15) is 6.17 Å². The van der Waals surface area contributed by atoms with E-state index in [-0.39, 0.29) is 5.54 Å². The van der Waals surface area contributed by atoms with Gasteiger partial charge in [0.05, 0.1) is 14.2 Å². The van der Waals surface area contributed by atoms with Crippen molar-refractivity contribution in [3.8, 4) is 11.5 Å². The average Bonchev–Trinajstić information content (AvgIpc) is 3.05. The summed E-state index contributed by atoms with van der Waals surface area (Å²) in [4.78, 5) is 0. The molecule has 1 aromatic carbocycles. The fourth-order valence-electron chi connectivity index (χ4n) is 2.18. The SMILES string of the molecule is COc1cc(CC2(N)CC2)c(C(C)F)cc1OC. The zero-order chi connectivity index (χ0) is 13.3. The Morgan fingerprint density at radius 2 is 1.83 bits per heavy atom. The molecule has 4 heteroatoms. The molecule has 2 N–H and O–H groups in total. The third-order valence-electron chi connectivity index (χ3n) is 3.51. The van der Waals surface area contributed by atoms with Gasteiger partial charge >= 0.3 is 0 Å². The van der Waals surface area contributed by atoms with E-state index >= 15 is 0 Å². The molecule has 1 aromatic rings. The van der Waals surface area contributed by atoms with Crippen LogP contribution in [0, 0.1) is 0 Å². The van der Waals surface area contributed by atoms with Crippen LogP contribution < -0.4 is 15.2 Å². The zero-order valence-corrected chi connectivity index (χ0v) is 11.1. The molecule has 0 aromatic heterocycles. The maximum Gasteiger partial charge on any atom is 0.161 e. The number of hydrogen-bond acceptors (Lipinski definition) is 3. The van der Waals surface area contributed by atoms with Crippen LogP contribution >= 0.6 is 0 Å². The number of methoxy groups -OCH3 is 2. The molecular formula is C14H20FNO2. The monoisotopic (exact) mass is 253 g/mol. The molecule has 0 aliphatic heterocycles. The summed E-state index contributed by atoms with van der Waals surface area (Å²) in [6, 6.07) is 3.56. The van der Waals surface area contributed by atoms with Gasteiger partial charge in [-0.25, -0.2) is 4.39 Å². The molecule has 0 radical (unpaired) electrons. The maximum atomic E-state index is 13.7. The average molecular weight is 253 g/mol. The van der Waals surface area contributed by atoms with E-state index in [9.17, 15) is 4.39 Å². The molecule has 3 nitrogen and oxygen atoms in total. The highest BCUT2D eigenvalue weighted by molar-refractivity contribution is 5.49. The molecule has 2 rings (SSSR count). The number of hydrogen-bond donors (Lipinski definition) is 1. The second-order valence-electron chi connectivity index (χ2n) is 5.06. The van der Waals surface area contributed by atoms with E-state index in [1.165, 1.54) is 6.92 Å². The minimum Gasteiger partial charge on any atom is -0.493 e. The quantitative estimate of drug-likeness (QED) is 0.877.